The Bertz CT molecular complexity index is 5130. The molecule has 646 valence electrons. The van der Waals surface area contributed by atoms with E-state index in [0.717, 1.165) is 28.0 Å². The summed E-state index contributed by atoms with van der Waals surface area (Å²) in [7, 11) is -19.1. The summed E-state index contributed by atoms with van der Waals surface area (Å²) in [6.07, 6.45) is 6.36. The largest absolute Gasteiger partial charge is 0.379 e. The second kappa shape index (κ2) is 37.1. The van der Waals surface area contributed by atoms with Gasteiger partial charge >= 0.3 is 0 Å². The average molecular weight is 1760 g/mol. The van der Waals surface area contributed by atoms with Gasteiger partial charge in [-0.05, 0) is 173 Å². The van der Waals surface area contributed by atoms with Gasteiger partial charge in [0.05, 0.1) is 58.5 Å². The van der Waals surface area contributed by atoms with Crippen molar-refractivity contribution >= 4 is 79.8 Å². The summed E-state index contributed by atoms with van der Waals surface area (Å²) in [5, 5.41) is 2.56. The SMILES string of the molecule is N[C@H](Cc1cc(F)c(F)cc1F)C1C[C@H]2CC[C@@H](C1)N2S(=O)(=O)CCNC(=O)CCN1C(=O)c2ccccc2C1=O.N[C@H](Cc1cc(F)c(F)cc1F)C1C[C@H]2CC[C@@H](C1)N2S(=O)(=O)CCNS(=O)(=O)CCN1C(=O)c2ccccc2C1=O.N[C@H](Cc1cc(F)c(F)cc1F)C1C[C@H]2CC[C@@H](C1)N2S(=O)(=O)CCNS(=O)(=O)N1CCOCC1. The van der Waals surface area contributed by atoms with E-state index in [2.05, 4.69) is 14.8 Å². The summed E-state index contributed by atoms with van der Waals surface area (Å²) >= 11 is 0. The smallest absolute Gasteiger partial charge is 0.279 e. The second-order valence-electron chi connectivity index (χ2n) is 31.3. The van der Waals surface area contributed by atoms with Crippen LogP contribution in [0.1, 0.15) is 142 Å². The molecule has 9 heterocycles. The maximum Gasteiger partial charge on any atom is 0.279 e. The lowest BCUT2D eigenvalue weighted by Crippen LogP contribution is -2.52. The lowest BCUT2D eigenvalue weighted by molar-refractivity contribution is -0.121. The van der Waals surface area contributed by atoms with Crippen molar-refractivity contribution in [3.8, 4) is 0 Å². The van der Waals surface area contributed by atoms with Gasteiger partial charge in [0.25, 0.3) is 33.8 Å². The molecule has 118 heavy (non-hydrogen) atoms. The third-order valence-corrected chi connectivity index (χ3v) is 32.6. The van der Waals surface area contributed by atoms with Crippen molar-refractivity contribution < 1.29 is 110 Å². The van der Waals surface area contributed by atoms with Gasteiger partial charge in [-0.3, -0.25) is 33.8 Å². The van der Waals surface area contributed by atoms with Crippen LogP contribution in [0.15, 0.2) is 84.9 Å². The Kier molecular flexibility index (Phi) is 28.2. The Balaban J connectivity index is 0.000000163. The molecule has 0 saturated carbocycles. The number of sulfonamides is 4. The van der Waals surface area contributed by atoms with E-state index in [1.54, 1.807) is 36.4 Å². The summed E-state index contributed by atoms with van der Waals surface area (Å²) in [5.74, 6) is -14.6. The highest BCUT2D eigenvalue weighted by molar-refractivity contribution is 7.90. The number of hydrogen-bond donors (Lipinski definition) is 6. The Morgan fingerprint density at radius 1 is 0.407 bits per heavy atom. The number of nitrogens with one attached hydrogen (secondary N) is 3. The van der Waals surface area contributed by atoms with Gasteiger partial charge in [0.1, 0.15) is 17.5 Å². The number of rotatable bonds is 30. The number of carbonyl (C=O) groups is 5. The highest BCUT2D eigenvalue weighted by Crippen LogP contribution is 2.45. The molecule has 42 heteroatoms. The minimum absolute atomic E-state index is 0.00658. The van der Waals surface area contributed by atoms with Gasteiger partial charge in [-0.15, -0.1) is 0 Å². The summed E-state index contributed by atoms with van der Waals surface area (Å²) in [6, 6.07) is 13.0. The molecule has 7 fully saturated rings. The van der Waals surface area contributed by atoms with Crippen molar-refractivity contribution in [3.63, 3.8) is 0 Å². The van der Waals surface area contributed by atoms with E-state index < -0.39 is 162 Å². The predicted molar refractivity (Wildman–Crippen MR) is 412 cm³/mol. The van der Waals surface area contributed by atoms with Gasteiger partial charge < -0.3 is 27.3 Å². The molecule has 14 rings (SSSR count). The van der Waals surface area contributed by atoms with Crippen molar-refractivity contribution in [2.24, 2.45) is 35.0 Å². The van der Waals surface area contributed by atoms with Gasteiger partial charge in [0.15, 0.2) is 34.9 Å². The molecule has 5 aromatic rings. The maximum absolute atomic E-state index is 14.1. The number of ether oxygens (including phenoxy) is 1. The van der Waals surface area contributed by atoms with Crippen molar-refractivity contribution in [2.75, 3.05) is 82.0 Å². The molecule has 0 radical (unpaired) electrons. The van der Waals surface area contributed by atoms with E-state index in [1.165, 1.54) is 29.4 Å². The van der Waals surface area contributed by atoms with Crippen LogP contribution in [0.5, 0.6) is 0 Å². The third-order valence-electron chi connectivity index (χ3n) is 23.7. The first kappa shape index (κ1) is 89.8. The second-order valence-corrected chi connectivity index (χ2v) is 41.0. The van der Waals surface area contributed by atoms with E-state index >= 15 is 0 Å². The minimum Gasteiger partial charge on any atom is -0.379 e. The van der Waals surface area contributed by atoms with Crippen LogP contribution in [-0.2, 0) is 79.1 Å². The fourth-order valence-electron chi connectivity index (χ4n) is 18.0. The monoisotopic (exact) mass is 1760 g/mol. The molecule has 0 aromatic heterocycles. The average Bonchev–Trinajstić information content (AvgIpc) is 1.59. The quantitative estimate of drug-likeness (QED) is 0.0204. The van der Waals surface area contributed by atoms with Gasteiger partial charge in [0.2, 0.25) is 46.0 Å². The number of imide groups is 2. The molecule has 5 amide bonds. The number of morpholine rings is 1. The van der Waals surface area contributed by atoms with E-state index in [9.17, 15) is 106 Å². The predicted octanol–water partition coefficient (Wildman–Crippen LogP) is 4.82. The Hall–Kier alpha value is -7.43. The number of nitrogens with zero attached hydrogens (tertiary/aromatic N) is 6. The molecule has 9 aliphatic rings. The van der Waals surface area contributed by atoms with Crippen LogP contribution in [-0.4, -0.2) is 235 Å². The highest BCUT2D eigenvalue weighted by atomic mass is 32.2. The summed E-state index contributed by atoms with van der Waals surface area (Å²) in [5.41, 5.74) is 19.9. The molecular weight excluding hydrogens is 1670 g/mol. The molecule has 12 atom stereocenters. The van der Waals surface area contributed by atoms with Crippen LogP contribution in [0, 0.1) is 70.1 Å². The van der Waals surface area contributed by atoms with Crippen LogP contribution in [0.3, 0.4) is 0 Å². The van der Waals surface area contributed by atoms with E-state index in [0.29, 0.717) is 120 Å². The van der Waals surface area contributed by atoms with Crippen LogP contribution < -0.4 is 32.0 Å². The first-order valence-electron chi connectivity index (χ1n) is 38.9. The van der Waals surface area contributed by atoms with Crippen LogP contribution in [0.4, 0.5) is 39.5 Å². The maximum atomic E-state index is 14.1. The number of nitrogens with two attached hydrogens (primary N) is 3. The fourth-order valence-corrected chi connectivity index (χ4v) is 26.0. The topological polar surface area (TPSA) is 399 Å². The number of amides is 5. The number of halogens is 9. The zero-order valence-electron chi connectivity index (χ0n) is 63.9. The summed E-state index contributed by atoms with van der Waals surface area (Å²) < 4.78 is 267. The Morgan fingerprint density at radius 2 is 0.703 bits per heavy atom. The van der Waals surface area contributed by atoms with Crippen molar-refractivity contribution in [1.82, 2.24) is 41.8 Å². The summed E-state index contributed by atoms with van der Waals surface area (Å²) in [6.45, 7) is -0.221. The molecule has 3 unspecified atom stereocenters. The number of hydrogen-bond acceptors (Lipinski definition) is 19. The van der Waals surface area contributed by atoms with Gasteiger partial charge in [0, 0.05) is 125 Å². The number of carbonyl (C=O) groups excluding carboxylic acids is 5. The lowest BCUT2D eigenvalue weighted by atomic mass is 9.83. The number of fused-ring (bicyclic) bond motifs is 8. The van der Waals surface area contributed by atoms with Crippen LogP contribution in [0.25, 0.3) is 0 Å². The number of piperidine rings is 3. The zero-order chi connectivity index (χ0) is 85.3. The zero-order valence-corrected chi connectivity index (χ0v) is 68.0. The lowest BCUT2D eigenvalue weighted by Gasteiger charge is -2.40. The Labute approximate surface area is 678 Å². The normalized spacial score (nSPS) is 24.5. The van der Waals surface area contributed by atoms with Crippen LogP contribution in [0.2, 0.25) is 0 Å². The van der Waals surface area contributed by atoms with E-state index in [1.807, 2.05) is 0 Å². The molecule has 7 saturated heterocycles. The molecule has 9 N–H and O–H groups in total. The standard InChI is InChI=1S/C28H31F3N4O5S.C27H31F3N4O6S2.C21H31F3N4O5S2/c29-22-15-24(31)23(30)13-16(22)14-25(32)17-11-18-5-6-19(12-17)35(18)41(39,40)10-8-33-26(36)7-9-34-27(37)20-3-1-2-4-21(20)28(34)38;28-22-15-24(30)23(29)13-16(22)14-25(31)17-11-18-5-6-19(12-17)34(18)42(39,40)9-7-32-41(37,38)10-8-33-26(35)20-3-1-2-4-21(20)27(33)36;22-18-13-20(24)19(23)11-14(18)12-21(25)15-9-16-1-2-17(10-15)28(16)34(29,30)8-3-26-35(31,32)27-4-6-33-7-5-27/h1-4,13,15,17-19,25H,5-12,14,32H2,(H,33,36);1-4,13,15,17-19,25,32H,5-12,14,31H2;11,13,15-17,21,26H,1-10,12,25H2/t2*17?,18-,19+,25-;15?,16-,17+,21-/m111/s1. The van der Waals surface area contributed by atoms with Gasteiger partial charge in [-0.1, -0.05) is 24.3 Å². The summed E-state index contributed by atoms with van der Waals surface area (Å²) in [4.78, 5) is 64.0. The number of benzene rings is 5. The van der Waals surface area contributed by atoms with E-state index in [4.69, 9.17) is 21.9 Å². The van der Waals surface area contributed by atoms with Gasteiger partial charge in [-0.2, -0.15) is 25.6 Å². The minimum atomic E-state index is -4.00. The molecular formula is C76H93F9N12O16S5. The first-order valence-corrected chi connectivity index (χ1v) is 46.8. The third kappa shape index (κ3) is 20.5. The molecule has 5 aromatic carbocycles. The Morgan fingerprint density at radius 3 is 1.03 bits per heavy atom. The van der Waals surface area contributed by atoms with Crippen molar-refractivity contribution in [2.45, 2.75) is 157 Å². The molecule has 28 nitrogen and oxygen atoms in total. The van der Waals surface area contributed by atoms with Crippen LogP contribution >= 0.6 is 0 Å². The fraction of sp³-hybridized carbons (Fsp3) is 0.539. The molecule has 9 aliphatic heterocycles. The molecule has 6 bridgehead atoms. The van der Waals surface area contributed by atoms with Gasteiger partial charge in [-0.25, -0.2) is 82.6 Å². The van der Waals surface area contributed by atoms with Crippen molar-refractivity contribution in [3.05, 3.63) is 176 Å². The first-order chi connectivity index (χ1) is 55.7. The highest BCUT2D eigenvalue weighted by Gasteiger charge is 2.51. The molecule has 0 spiro atoms. The van der Waals surface area contributed by atoms with E-state index in [-0.39, 0.29) is 165 Å². The molecule has 0 aliphatic carbocycles. The van der Waals surface area contributed by atoms with Crippen molar-refractivity contribution in [1.29, 1.82) is 0 Å².